The van der Waals surface area contributed by atoms with Crippen LogP contribution in [-0.4, -0.2) is 48.5 Å². The average molecular weight is 293 g/mol. The molecule has 0 fully saturated rings. The van der Waals surface area contributed by atoms with Crippen LogP contribution in [0.25, 0.3) is 0 Å². The molecule has 5 nitrogen and oxygen atoms in total. The second-order valence-electron chi connectivity index (χ2n) is 5.61. The number of ketones is 1. The number of benzene rings is 1. The van der Waals surface area contributed by atoms with Crippen molar-refractivity contribution in [2.45, 2.75) is 26.4 Å². The molecule has 0 aromatic heterocycles. The maximum Gasteiger partial charge on any atom is 0.304 e. The van der Waals surface area contributed by atoms with E-state index in [0.717, 1.165) is 0 Å². The predicted octanol–water partition coefficient (Wildman–Crippen LogP) is 2.31. The molecule has 0 aliphatic rings. The molecule has 0 saturated heterocycles. The van der Waals surface area contributed by atoms with Crippen molar-refractivity contribution in [2.75, 3.05) is 20.6 Å². The molecule has 1 rings (SSSR count). The van der Waals surface area contributed by atoms with Crippen molar-refractivity contribution in [1.82, 2.24) is 4.90 Å². The molecular weight excluding hydrogens is 270 g/mol. The van der Waals surface area contributed by atoms with E-state index in [2.05, 4.69) is 0 Å². The van der Waals surface area contributed by atoms with Gasteiger partial charge in [-0.25, -0.2) is 0 Å². The number of carbonyl (C=O) groups is 2. The summed E-state index contributed by atoms with van der Waals surface area (Å²) < 4.78 is 5.52. The number of carboxylic acids is 1. The second-order valence-corrected chi connectivity index (χ2v) is 5.61. The van der Waals surface area contributed by atoms with Crippen LogP contribution >= 0.6 is 0 Å². The molecule has 0 spiro atoms. The predicted molar refractivity (Wildman–Crippen MR) is 80.8 cm³/mol. The summed E-state index contributed by atoms with van der Waals surface area (Å²) in [5.74, 6) is -0.963. The largest absolute Gasteiger partial charge is 0.491 e. The first-order chi connectivity index (χ1) is 9.79. The number of hydrogen-bond acceptors (Lipinski definition) is 4. The Morgan fingerprint density at radius 1 is 1.19 bits per heavy atom. The summed E-state index contributed by atoms with van der Waals surface area (Å²) >= 11 is 0. The van der Waals surface area contributed by atoms with Crippen molar-refractivity contribution in [2.24, 2.45) is 5.92 Å². The molecule has 1 N–H and O–H groups in total. The van der Waals surface area contributed by atoms with Crippen LogP contribution in [0.1, 0.15) is 30.6 Å². The Labute approximate surface area is 125 Å². The molecule has 0 amide bonds. The van der Waals surface area contributed by atoms with Gasteiger partial charge in [-0.1, -0.05) is 0 Å². The zero-order valence-corrected chi connectivity index (χ0v) is 13.0. The zero-order chi connectivity index (χ0) is 16.0. The van der Waals surface area contributed by atoms with Crippen LogP contribution in [0, 0.1) is 5.92 Å². The van der Waals surface area contributed by atoms with Crippen LogP contribution in [0.4, 0.5) is 0 Å². The van der Waals surface area contributed by atoms with Crippen molar-refractivity contribution in [3.8, 4) is 5.75 Å². The van der Waals surface area contributed by atoms with Crippen molar-refractivity contribution >= 4 is 11.8 Å². The summed E-state index contributed by atoms with van der Waals surface area (Å²) in [5, 5.41) is 8.95. The summed E-state index contributed by atoms with van der Waals surface area (Å²) in [7, 11) is 3.64. The minimum atomic E-state index is -0.963. The number of carboxylic acid groups (broad SMARTS) is 1. The Balaban J connectivity index is 2.84. The van der Waals surface area contributed by atoms with E-state index in [1.807, 2.05) is 32.8 Å². The standard InChI is InChI=1S/C16H23NO4/c1-11(2)21-14-7-5-12(6-8-14)16(20)13(9-15(18)19)10-17(3)4/h5-8,11,13H,9-10H2,1-4H3,(H,18,19). The lowest BCUT2D eigenvalue weighted by Crippen LogP contribution is -2.30. The first kappa shape index (κ1) is 17.2. The smallest absolute Gasteiger partial charge is 0.304 e. The number of aliphatic carboxylic acids is 1. The Kier molecular flexibility index (Phi) is 6.37. The number of carbonyl (C=O) groups excluding carboxylic acids is 1. The van der Waals surface area contributed by atoms with E-state index in [4.69, 9.17) is 9.84 Å². The topological polar surface area (TPSA) is 66.8 Å². The van der Waals surface area contributed by atoms with Gasteiger partial charge in [-0.2, -0.15) is 0 Å². The molecule has 0 bridgehead atoms. The molecule has 1 atom stereocenters. The Hall–Kier alpha value is -1.88. The Bertz CT molecular complexity index is 480. The summed E-state index contributed by atoms with van der Waals surface area (Å²) in [6, 6.07) is 6.84. The van der Waals surface area contributed by atoms with Gasteiger partial charge in [-0.3, -0.25) is 9.59 Å². The third-order valence-corrected chi connectivity index (χ3v) is 2.89. The first-order valence-electron chi connectivity index (χ1n) is 6.97. The minimum Gasteiger partial charge on any atom is -0.491 e. The van der Waals surface area contributed by atoms with Crippen LogP contribution in [0.2, 0.25) is 0 Å². The highest BCUT2D eigenvalue weighted by molar-refractivity contribution is 5.99. The number of rotatable bonds is 8. The van der Waals surface area contributed by atoms with Gasteiger partial charge in [0, 0.05) is 18.0 Å². The molecule has 0 heterocycles. The van der Waals surface area contributed by atoms with Crippen LogP contribution in [-0.2, 0) is 4.79 Å². The number of Topliss-reactive ketones (excluding diaryl/α,β-unsaturated/α-hetero) is 1. The van der Waals surface area contributed by atoms with Crippen molar-refractivity contribution in [1.29, 1.82) is 0 Å². The van der Waals surface area contributed by atoms with E-state index in [9.17, 15) is 9.59 Å². The van der Waals surface area contributed by atoms with Gasteiger partial charge in [0.2, 0.25) is 0 Å². The molecule has 0 radical (unpaired) electrons. The molecular formula is C16H23NO4. The number of nitrogens with zero attached hydrogens (tertiary/aromatic N) is 1. The molecule has 1 aromatic rings. The summed E-state index contributed by atoms with van der Waals surface area (Å²) in [5.41, 5.74) is 0.513. The highest BCUT2D eigenvalue weighted by atomic mass is 16.5. The van der Waals surface area contributed by atoms with E-state index in [0.29, 0.717) is 17.9 Å². The molecule has 116 valence electrons. The third-order valence-electron chi connectivity index (χ3n) is 2.89. The average Bonchev–Trinajstić information content (AvgIpc) is 2.36. The molecule has 0 aliphatic heterocycles. The van der Waals surface area contributed by atoms with Gasteiger partial charge in [0.1, 0.15) is 5.75 Å². The maximum atomic E-state index is 12.4. The molecule has 1 aromatic carbocycles. The van der Waals surface area contributed by atoms with Crippen molar-refractivity contribution in [3.63, 3.8) is 0 Å². The second kappa shape index (κ2) is 7.78. The van der Waals surface area contributed by atoms with Crippen molar-refractivity contribution < 1.29 is 19.4 Å². The number of hydrogen-bond donors (Lipinski definition) is 1. The zero-order valence-electron chi connectivity index (χ0n) is 13.0. The maximum absolute atomic E-state index is 12.4. The number of ether oxygens (including phenoxy) is 1. The van der Waals surface area contributed by atoms with E-state index in [1.165, 1.54) is 0 Å². The molecule has 5 heteroatoms. The van der Waals surface area contributed by atoms with Gasteiger partial charge in [-0.15, -0.1) is 0 Å². The Morgan fingerprint density at radius 2 is 1.76 bits per heavy atom. The third kappa shape index (κ3) is 5.95. The van der Waals surface area contributed by atoms with Gasteiger partial charge in [0.25, 0.3) is 0 Å². The van der Waals surface area contributed by atoms with E-state index < -0.39 is 11.9 Å². The fraction of sp³-hybridized carbons (Fsp3) is 0.500. The van der Waals surface area contributed by atoms with Gasteiger partial charge < -0.3 is 14.7 Å². The molecule has 0 aliphatic carbocycles. The highest BCUT2D eigenvalue weighted by Crippen LogP contribution is 2.18. The lowest BCUT2D eigenvalue weighted by molar-refractivity contribution is -0.137. The Morgan fingerprint density at radius 3 is 2.19 bits per heavy atom. The van der Waals surface area contributed by atoms with Crippen molar-refractivity contribution in [3.05, 3.63) is 29.8 Å². The quantitative estimate of drug-likeness (QED) is 0.745. The molecule has 0 saturated carbocycles. The molecule has 1 unspecified atom stereocenters. The fourth-order valence-electron chi connectivity index (χ4n) is 2.10. The highest BCUT2D eigenvalue weighted by Gasteiger charge is 2.23. The van der Waals surface area contributed by atoms with Crippen LogP contribution < -0.4 is 4.74 Å². The van der Waals surface area contributed by atoms with Crippen LogP contribution in [0.5, 0.6) is 5.75 Å². The summed E-state index contributed by atoms with van der Waals surface area (Å²) in [6.07, 6.45) is -0.0959. The van der Waals surface area contributed by atoms with Gasteiger partial charge in [-0.05, 0) is 52.2 Å². The van der Waals surface area contributed by atoms with Gasteiger partial charge in [0.15, 0.2) is 5.78 Å². The fourth-order valence-corrected chi connectivity index (χ4v) is 2.10. The van der Waals surface area contributed by atoms with E-state index >= 15 is 0 Å². The monoisotopic (exact) mass is 293 g/mol. The van der Waals surface area contributed by atoms with Crippen LogP contribution in [0.3, 0.4) is 0 Å². The SMILES string of the molecule is CC(C)Oc1ccc(C(=O)C(CC(=O)O)CN(C)C)cc1. The summed E-state index contributed by atoms with van der Waals surface area (Å²) in [4.78, 5) is 25.2. The first-order valence-corrected chi connectivity index (χ1v) is 6.97. The van der Waals surface area contributed by atoms with Gasteiger partial charge >= 0.3 is 5.97 Å². The van der Waals surface area contributed by atoms with Crippen LogP contribution in [0.15, 0.2) is 24.3 Å². The minimum absolute atomic E-state index is 0.0695. The lowest BCUT2D eigenvalue weighted by atomic mass is 9.94. The molecule has 21 heavy (non-hydrogen) atoms. The van der Waals surface area contributed by atoms with Gasteiger partial charge in [0.05, 0.1) is 12.5 Å². The normalized spacial score (nSPS) is 12.5. The van der Waals surface area contributed by atoms with E-state index in [1.54, 1.807) is 24.3 Å². The lowest BCUT2D eigenvalue weighted by Gasteiger charge is -2.18. The van der Waals surface area contributed by atoms with E-state index in [-0.39, 0.29) is 18.3 Å². The summed E-state index contributed by atoms with van der Waals surface area (Å²) in [6.45, 7) is 4.27.